The molecule has 0 bridgehead atoms. The number of hydrogen-bond donors (Lipinski definition) is 0. The van der Waals surface area contributed by atoms with Gasteiger partial charge in [-0.1, -0.05) is 0 Å². The first-order valence-corrected chi connectivity index (χ1v) is 7.28. The lowest BCUT2D eigenvalue weighted by Crippen LogP contribution is -2.50. The van der Waals surface area contributed by atoms with Crippen molar-refractivity contribution in [3.63, 3.8) is 0 Å². The van der Waals surface area contributed by atoms with Crippen LogP contribution in [-0.4, -0.2) is 22.8 Å². The minimum atomic E-state index is -4.85. The van der Waals surface area contributed by atoms with Crippen LogP contribution < -0.4 is 0 Å². The summed E-state index contributed by atoms with van der Waals surface area (Å²) in [4.78, 5) is 13.9. The van der Waals surface area contributed by atoms with Crippen molar-refractivity contribution in [1.82, 2.24) is 4.90 Å². The molecule has 1 aliphatic heterocycles. The number of nitrogens with zero attached hydrogens (tertiary/aromatic N) is 1. The zero-order chi connectivity index (χ0) is 17.6. The molecule has 0 radical (unpaired) electrons. The molecule has 23 heavy (non-hydrogen) atoms. The summed E-state index contributed by atoms with van der Waals surface area (Å²) in [7, 11) is 0. The van der Waals surface area contributed by atoms with E-state index < -0.39 is 40.5 Å². The quantitative estimate of drug-likeness (QED) is 0.705. The third-order valence-corrected chi connectivity index (χ3v) is 3.98. The summed E-state index contributed by atoms with van der Waals surface area (Å²) in [5, 5.41) is 0. The van der Waals surface area contributed by atoms with Crippen molar-refractivity contribution >= 4 is 5.78 Å². The van der Waals surface area contributed by atoms with Gasteiger partial charge in [-0.15, -0.1) is 0 Å². The molecule has 1 heterocycles. The molecular formula is C16H18F5NO. The Bertz CT molecular complexity index is 595. The number of likely N-dealkylation sites (tertiary alicyclic amines) is 1. The summed E-state index contributed by atoms with van der Waals surface area (Å²) in [6, 6.07) is -0.700. The summed E-state index contributed by atoms with van der Waals surface area (Å²) < 4.78 is 66.4. The highest BCUT2D eigenvalue weighted by molar-refractivity contribution is 5.86. The topological polar surface area (TPSA) is 20.3 Å². The molecule has 1 atom stereocenters. The average Bonchev–Trinajstić information content (AvgIpc) is 2.37. The molecule has 0 saturated carbocycles. The number of rotatable bonds is 1. The summed E-state index contributed by atoms with van der Waals surface area (Å²) >= 11 is 0. The molecule has 7 heteroatoms. The van der Waals surface area contributed by atoms with E-state index >= 15 is 0 Å². The van der Waals surface area contributed by atoms with Gasteiger partial charge in [0, 0.05) is 24.1 Å². The van der Waals surface area contributed by atoms with Gasteiger partial charge in [-0.3, -0.25) is 9.69 Å². The molecule has 1 saturated heterocycles. The van der Waals surface area contributed by atoms with E-state index in [1.54, 1.807) is 25.7 Å². The Balaban J connectivity index is 2.56. The van der Waals surface area contributed by atoms with Crippen molar-refractivity contribution in [3.8, 4) is 0 Å². The van der Waals surface area contributed by atoms with Crippen LogP contribution >= 0.6 is 0 Å². The third kappa shape index (κ3) is 3.54. The van der Waals surface area contributed by atoms with Crippen LogP contribution in [0.2, 0.25) is 0 Å². The van der Waals surface area contributed by atoms with E-state index in [1.807, 2.05) is 0 Å². The standard InChI is InChI=1S/C16H18F5NO/c1-15(2,3)22-6-4-5-12(23)14(22)13-10(17)7-9(8-11(13)18)16(19,20)21/h7-8,14H,4-6H2,1-3H3. The minimum Gasteiger partial charge on any atom is -0.298 e. The van der Waals surface area contributed by atoms with Crippen LogP contribution in [0.5, 0.6) is 0 Å². The zero-order valence-electron chi connectivity index (χ0n) is 13.1. The number of benzene rings is 1. The van der Waals surface area contributed by atoms with Crippen LogP contribution in [0.1, 0.15) is 50.8 Å². The summed E-state index contributed by atoms with van der Waals surface area (Å²) in [5.74, 6) is -3.07. The van der Waals surface area contributed by atoms with Crippen LogP contribution in [0.4, 0.5) is 22.0 Å². The molecule has 1 aromatic rings. The Labute approximate surface area is 131 Å². The van der Waals surface area contributed by atoms with E-state index in [0.717, 1.165) is 0 Å². The van der Waals surface area contributed by atoms with Crippen LogP contribution in [0.15, 0.2) is 12.1 Å². The van der Waals surface area contributed by atoms with E-state index in [0.29, 0.717) is 13.0 Å². The highest BCUT2D eigenvalue weighted by Gasteiger charge is 2.41. The largest absolute Gasteiger partial charge is 0.416 e. The second-order valence-electron chi connectivity index (χ2n) is 6.69. The van der Waals surface area contributed by atoms with Crippen molar-refractivity contribution in [1.29, 1.82) is 0 Å². The number of carbonyl (C=O) groups excluding carboxylic acids is 1. The maximum atomic E-state index is 14.2. The van der Waals surface area contributed by atoms with E-state index in [9.17, 15) is 26.7 Å². The fraction of sp³-hybridized carbons (Fsp3) is 0.562. The van der Waals surface area contributed by atoms with E-state index in [1.165, 1.54) is 0 Å². The molecule has 2 rings (SSSR count). The van der Waals surface area contributed by atoms with Gasteiger partial charge in [0.25, 0.3) is 0 Å². The van der Waals surface area contributed by atoms with Gasteiger partial charge in [-0.2, -0.15) is 13.2 Å². The van der Waals surface area contributed by atoms with Crippen molar-refractivity contribution in [2.24, 2.45) is 0 Å². The van der Waals surface area contributed by atoms with Crippen LogP contribution in [0.25, 0.3) is 0 Å². The molecular weight excluding hydrogens is 317 g/mol. The third-order valence-electron chi connectivity index (χ3n) is 3.98. The van der Waals surface area contributed by atoms with Gasteiger partial charge in [-0.05, 0) is 39.3 Å². The van der Waals surface area contributed by atoms with Crippen molar-refractivity contribution in [2.75, 3.05) is 6.54 Å². The second kappa shape index (κ2) is 5.85. The minimum absolute atomic E-state index is 0.150. The molecule has 128 valence electrons. The highest BCUT2D eigenvalue weighted by Crippen LogP contribution is 2.39. The summed E-state index contributed by atoms with van der Waals surface area (Å²) in [5.41, 5.74) is -2.55. The van der Waals surface area contributed by atoms with E-state index in [-0.39, 0.29) is 24.3 Å². The van der Waals surface area contributed by atoms with Gasteiger partial charge in [0.2, 0.25) is 0 Å². The predicted molar refractivity (Wildman–Crippen MR) is 74.8 cm³/mol. The maximum absolute atomic E-state index is 14.2. The Hall–Kier alpha value is -1.50. The van der Waals surface area contributed by atoms with Crippen molar-refractivity contribution < 1.29 is 26.7 Å². The zero-order valence-corrected chi connectivity index (χ0v) is 13.1. The molecule has 1 fully saturated rings. The van der Waals surface area contributed by atoms with Gasteiger partial charge < -0.3 is 0 Å². The van der Waals surface area contributed by atoms with E-state index in [4.69, 9.17) is 0 Å². The lowest BCUT2D eigenvalue weighted by molar-refractivity contribution is -0.138. The fourth-order valence-corrected chi connectivity index (χ4v) is 2.91. The van der Waals surface area contributed by atoms with E-state index in [2.05, 4.69) is 0 Å². The number of alkyl halides is 3. The summed E-state index contributed by atoms with van der Waals surface area (Å²) in [6.45, 7) is 5.81. The molecule has 0 N–H and O–H groups in total. The fourth-order valence-electron chi connectivity index (χ4n) is 2.91. The first-order chi connectivity index (χ1) is 10.4. The van der Waals surface area contributed by atoms with Gasteiger partial charge in [0.05, 0.1) is 5.56 Å². The normalized spacial score (nSPS) is 20.9. The smallest absolute Gasteiger partial charge is 0.298 e. The number of halogens is 5. The number of Topliss-reactive ketones (excluding diaryl/α,β-unsaturated/α-hetero) is 1. The Morgan fingerprint density at radius 1 is 1.09 bits per heavy atom. The Morgan fingerprint density at radius 3 is 2.04 bits per heavy atom. The summed E-state index contributed by atoms with van der Waals surface area (Å²) in [6.07, 6.45) is -4.14. The van der Waals surface area contributed by atoms with Crippen LogP contribution in [-0.2, 0) is 11.0 Å². The molecule has 0 aliphatic carbocycles. The molecule has 1 aromatic carbocycles. The molecule has 1 aliphatic rings. The first-order valence-electron chi connectivity index (χ1n) is 7.28. The average molecular weight is 335 g/mol. The van der Waals surface area contributed by atoms with Crippen LogP contribution in [0, 0.1) is 11.6 Å². The van der Waals surface area contributed by atoms with Gasteiger partial charge in [0.15, 0.2) is 5.78 Å². The highest BCUT2D eigenvalue weighted by atomic mass is 19.4. The Morgan fingerprint density at radius 2 is 1.61 bits per heavy atom. The van der Waals surface area contributed by atoms with Crippen molar-refractivity contribution in [2.45, 2.75) is 51.4 Å². The van der Waals surface area contributed by atoms with Crippen molar-refractivity contribution in [3.05, 3.63) is 34.9 Å². The number of carbonyl (C=O) groups is 1. The molecule has 1 unspecified atom stereocenters. The van der Waals surface area contributed by atoms with Gasteiger partial charge in [0.1, 0.15) is 17.7 Å². The SMILES string of the molecule is CC(C)(C)N1CCCC(=O)C1c1c(F)cc(C(F)(F)F)cc1F. The lowest BCUT2D eigenvalue weighted by atomic mass is 9.88. The number of ketones is 1. The molecule has 0 amide bonds. The van der Waals surface area contributed by atoms with Gasteiger partial charge >= 0.3 is 6.18 Å². The second-order valence-corrected chi connectivity index (χ2v) is 6.69. The molecule has 2 nitrogen and oxygen atoms in total. The number of piperidine rings is 1. The number of hydrogen-bond acceptors (Lipinski definition) is 2. The monoisotopic (exact) mass is 335 g/mol. The molecule has 0 spiro atoms. The van der Waals surface area contributed by atoms with Gasteiger partial charge in [-0.25, -0.2) is 8.78 Å². The maximum Gasteiger partial charge on any atom is 0.416 e. The Kier molecular flexibility index (Phi) is 4.54. The first kappa shape index (κ1) is 17.8. The lowest BCUT2D eigenvalue weighted by Gasteiger charge is -2.44. The van der Waals surface area contributed by atoms with Crippen LogP contribution in [0.3, 0.4) is 0 Å². The predicted octanol–water partition coefficient (Wildman–Crippen LogP) is 4.49. The molecule has 0 aromatic heterocycles.